The van der Waals surface area contributed by atoms with Crippen molar-refractivity contribution in [2.24, 2.45) is 0 Å². The van der Waals surface area contributed by atoms with Crippen molar-refractivity contribution in [1.82, 2.24) is 4.98 Å². The highest BCUT2D eigenvalue weighted by Gasteiger charge is 2.17. The van der Waals surface area contributed by atoms with Crippen LogP contribution >= 0.6 is 11.3 Å². The first-order valence-corrected chi connectivity index (χ1v) is 9.34. The average molecular weight is 396 g/mol. The second kappa shape index (κ2) is 8.53. The lowest BCUT2D eigenvalue weighted by molar-refractivity contribution is 0.103. The molecular formula is C20H20N4O3S. The van der Waals surface area contributed by atoms with Crippen molar-refractivity contribution in [1.29, 1.82) is 0 Å². The normalized spacial score (nSPS) is 10.2. The van der Waals surface area contributed by atoms with Crippen LogP contribution in [0.25, 0.3) is 0 Å². The van der Waals surface area contributed by atoms with Crippen LogP contribution < -0.4 is 20.7 Å². The van der Waals surface area contributed by atoms with Gasteiger partial charge in [0.2, 0.25) is 0 Å². The Hall–Kier alpha value is -3.39. The van der Waals surface area contributed by atoms with Crippen LogP contribution in [-0.4, -0.2) is 24.0 Å². The van der Waals surface area contributed by atoms with E-state index in [1.807, 2.05) is 31.2 Å². The number of ether oxygens (including phenoxy) is 1. The molecule has 0 aliphatic heterocycles. The van der Waals surface area contributed by atoms with E-state index in [1.54, 1.807) is 38.3 Å². The molecule has 0 unspecified atom stereocenters. The van der Waals surface area contributed by atoms with Crippen LogP contribution in [0.1, 0.15) is 20.9 Å². The zero-order chi connectivity index (χ0) is 20.1. The third kappa shape index (κ3) is 4.86. The Balaban J connectivity index is 1.65. The Morgan fingerprint density at radius 1 is 0.964 bits per heavy atom. The van der Waals surface area contributed by atoms with E-state index in [1.165, 1.54) is 0 Å². The number of benzene rings is 2. The van der Waals surface area contributed by atoms with Crippen molar-refractivity contribution in [3.8, 4) is 5.75 Å². The molecular weight excluding hydrogens is 376 g/mol. The number of amides is 3. The quantitative estimate of drug-likeness (QED) is 0.585. The molecule has 0 saturated carbocycles. The van der Waals surface area contributed by atoms with Crippen molar-refractivity contribution in [3.05, 3.63) is 64.7 Å². The van der Waals surface area contributed by atoms with Crippen molar-refractivity contribution >= 4 is 39.8 Å². The summed E-state index contributed by atoms with van der Waals surface area (Å²) >= 11 is 1.11. The van der Waals surface area contributed by atoms with Gasteiger partial charge in [0.1, 0.15) is 10.6 Å². The van der Waals surface area contributed by atoms with Crippen LogP contribution in [0.4, 0.5) is 21.3 Å². The summed E-state index contributed by atoms with van der Waals surface area (Å²) in [5.41, 5.74) is 2.93. The molecule has 0 aliphatic rings. The van der Waals surface area contributed by atoms with Gasteiger partial charge in [-0.25, -0.2) is 9.78 Å². The topological polar surface area (TPSA) is 92.4 Å². The van der Waals surface area contributed by atoms with Gasteiger partial charge in [-0.05, 0) is 38.1 Å². The summed E-state index contributed by atoms with van der Waals surface area (Å²) in [4.78, 5) is 29.4. The number of aryl methyl sites for hydroxylation is 2. The molecule has 2 aromatic carbocycles. The number of rotatable bonds is 5. The molecule has 0 atom stereocenters. The molecule has 3 aromatic rings. The largest absolute Gasteiger partial charge is 0.497 e. The van der Waals surface area contributed by atoms with E-state index in [9.17, 15) is 9.59 Å². The Kier molecular flexibility index (Phi) is 5.90. The molecule has 0 saturated heterocycles. The van der Waals surface area contributed by atoms with Crippen LogP contribution in [0.2, 0.25) is 0 Å². The zero-order valence-corrected chi connectivity index (χ0v) is 16.5. The predicted octanol–water partition coefficient (Wildman–Crippen LogP) is 4.66. The Bertz CT molecular complexity index is 999. The number of anilines is 3. The third-order valence-electron chi connectivity index (χ3n) is 3.86. The van der Waals surface area contributed by atoms with Gasteiger partial charge in [0.25, 0.3) is 5.91 Å². The minimum absolute atomic E-state index is 0.296. The molecule has 3 N–H and O–H groups in total. The molecule has 0 aliphatic carbocycles. The highest BCUT2D eigenvalue weighted by atomic mass is 32.1. The number of aromatic nitrogens is 1. The molecule has 0 spiro atoms. The first kappa shape index (κ1) is 19.4. The fraction of sp³-hybridized carbons (Fsp3) is 0.150. The first-order valence-electron chi connectivity index (χ1n) is 8.52. The molecule has 0 fully saturated rings. The number of carbonyl (C=O) groups is 2. The molecule has 1 aromatic heterocycles. The number of urea groups is 1. The Morgan fingerprint density at radius 2 is 1.71 bits per heavy atom. The number of hydrogen-bond donors (Lipinski definition) is 3. The maximum Gasteiger partial charge on any atom is 0.325 e. The van der Waals surface area contributed by atoms with E-state index >= 15 is 0 Å². The molecule has 0 bridgehead atoms. The van der Waals surface area contributed by atoms with Gasteiger partial charge in [0, 0.05) is 17.4 Å². The highest BCUT2D eigenvalue weighted by Crippen LogP contribution is 2.25. The number of nitrogens with one attached hydrogen (secondary N) is 3. The lowest BCUT2D eigenvalue weighted by Gasteiger charge is -2.06. The second-order valence-corrected chi connectivity index (χ2v) is 7.06. The molecule has 1 heterocycles. The van der Waals surface area contributed by atoms with Crippen molar-refractivity contribution in [3.63, 3.8) is 0 Å². The summed E-state index contributed by atoms with van der Waals surface area (Å²) in [5, 5.41) is 8.54. The smallest absolute Gasteiger partial charge is 0.325 e. The van der Waals surface area contributed by atoms with E-state index in [0.717, 1.165) is 16.9 Å². The van der Waals surface area contributed by atoms with Crippen molar-refractivity contribution in [2.75, 3.05) is 23.1 Å². The fourth-order valence-corrected chi connectivity index (χ4v) is 3.30. The molecule has 7 nitrogen and oxygen atoms in total. The van der Waals surface area contributed by atoms with Gasteiger partial charge in [-0.15, -0.1) is 0 Å². The third-order valence-corrected chi connectivity index (χ3v) is 4.93. The minimum atomic E-state index is -0.419. The molecule has 8 heteroatoms. The van der Waals surface area contributed by atoms with Crippen LogP contribution in [-0.2, 0) is 0 Å². The van der Waals surface area contributed by atoms with E-state index in [-0.39, 0.29) is 5.91 Å². The molecule has 144 valence electrons. The summed E-state index contributed by atoms with van der Waals surface area (Å²) in [6.45, 7) is 3.69. The summed E-state index contributed by atoms with van der Waals surface area (Å²) < 4.78 is 5.15. The number of hydrogen-bond acceptors (Lipinski definition) is 5. The van der Waals surface area contributed by atoms with Gasteiger partial charge in [0.15, 0.2) is 5.13 Å². The summed E-state index contributed by atoms with van der Waals surface area (Å²) in [6, 6.07) is 14.1. The lowest BCUT2D eigenvalue weighted by atomic mass is 10.2. The maximum atomic E-state index is 12.5. The number of thiazole rings is 1. The first-order chi connectivity index (χ1) is 13.4. The van der Waals surface area contributed by atoms with Crippen LogP contribution in [0, 0.1) is 13.8 Å². The number of nitrogens with zero attached hydrogens (tertiary/aromatic N) is 1. The van der Waals surface area contributed by atoms with Gasteiger partial charge in [0.05, 0.1) is 12.8 Å². The summed E-state index contributed by atoms with van der Waals surface area (Å²) in [6.07, 6.45) is 0. The van der Waals surface area contributed by atoms with Gasteiger partial charge < -0.3 is 15.4 Å². The van der Waals surface area contributed by atoms with Crippen molar-refractivity contribution in [2.45, 2.75) is 13.8 Å². The zero-order valence-electron chi connectivity index (χ0n) is 15.7. The molecule has 0 radical (unpaired) electrons. The number of carbonyl (C=O) groups excluding carboxylic acids is 2. The van der Waals surface area contributed by atoms with Crippen LogP contribution in [0.5, 0.6) is 5.75 Å². The van der Waals surface area contributed by atoms with Gasteiger partial charge in [-0.3, -0.25) is 10.1 Å². The molecule has 3 rings (SSSR count). The van der Waals surface area contributed by atoms with E-state index in [0.29, 0.717) is 32.8 Å². The minimum Gasteiger partial charge on any atom is -0.497 e. The van der Waals surface area contributed by atoms with E-state index in [4.69, 9.17) is 4.74 Å². The molecule has 3 amide bonds. The van der Waals surface area contributed by atoms with E-state index in [2.05, 4.69) is 20.9 Å². The van der Waals surface area contributed by atoms with Gasteiger partial charge in [-0.2, -0.15) is 0 Å². The van der Waals surface area contributed by atoms with Gasteiger partial charge in [-0.1, -0.05) is 35.1 Å². The molecule has 28 heavy (non-hydrogen) atoms. The number of methoxy groups -OCH3 is 1. The highest BCUT2D eigenvalue weighted by molar-refractivity contribution is 7.17. The summed E-state index contributed by atoms with van der Waals surface area (Å²) in [7, 11) is 1.56. The summed E-state index contributed by atoms with van der Waals surface area (Å²) in [5.74, 6) is 0.351. The maximum absolute atomic E-state index is 12.5. The fourth-order valence-electron chi connectivity index (χ4n) is 2.45. The SMILES string of the molecule is COc1cccc(NC(=O)c2sc(NC(=O)Nc3ccc(C)cc3)nc2C)c1. The van der Waals surface area contributed by atoms with Crippen molar-refractivity contribution < 1.29 is 14.3 Å². The average Bonchev–Trinajstić information content (AvgIpc) is 3.04. The monoisotopic (exact) mass is 396 g/mol. The standard InChI is InChI=1S/C20H20N4O3S/c1-12-7-9-14(10-8-12)23-19(26)24-20-21-13(2)17(28-20)18(25)22-15-5-4-6-16(11-15)27-3/h4-11H,1-3H3,(H,22,25)(H2,21,23,24,26). The van der Waals surface area contributed by atoms with Gasteiger partial charge >= 0.3 is 6.03 Å². The van der Waals surface area contributed by atoms with Crippen LogP contribution in [0.15, 0.2) is 48.5 Å². The Morgan fingerprint density at radius 3 is 2.43 bits per heavy atom. The predicted molar refractivity (Wildman–Crippen MR) is 112 cm³/mol. The lowest BCUT2D eigenvalue weighted by Crippen LogP contribution is -2.19. The van der Waals surface area contributed by atoms with Crippen LogP contribution in [0.3, 0.4) is 0 Å². The second-order valence-electron chi connectivity index (χ2n) is 6.06. The Labute approximate surface area is 166 Å². The van der Waals surface area contributed by atoms with E-state index < -0.39 is 6.03 Å².